The van der Waals surface area contributed by atoms with Crippen LogP contribution in [0.5, 0.6) is 0 Å². The summed E-state index contributed by atoms with van der Waals surface area (Å²) in [6.45, 7) is 2.28. The molecule has 0 aliphatic rings. The third-order valence-corrected chi connectivity index (χ3v) is 4.12. The molecule has 0 spiro atoms. The van der Waals surface area contributed by atoms with E-state index in [9.17, 15) is 5.11 Å². The highest BCUT2D eigenvalue weighted by Gasteiger charge is 2.04. The molecule has 21 heavy (non-hydrogen) atoms. The molecule has 1 atom stereocenters. The van der Waals surface area contributed by atoms with Crippen LogP contribution in [0.3, 0.4) is 0 Å². The first-order chi connectivity index (χ1) is 10.2. The molecule has 2 rings (SSSR count). The number of halogens is 1. The minimum Gasteiger partial charge on any atom is -0.389 e. The van der Waals surface area contributed by atoms with Crippen LogP contribution in [0, 0.1) is 0 Å². The number of rotatable bonds is 9. The van der Waals surface area contributed by atoms with E-state index in [1.807, 2.05) is 41.8 Å². The van der Waals surface area contributed by atoms with Crippen LogP contribution in [-0.4, -0.2) is 30.9 Å². The summed E-state index contributed by atoms with van der Waals surface area (Å²) in [6.07, 6.45) is 0.440. The van der Waals surface area contributed by atoms with Crippen LogP contribution in [0.2, 0.25) is 5.02 Å². The highest BCUT2D eigenvalue weighted by atomic mass is 35.5. The molecule has 1 aromatic heterocycles. The number of hydrogen-bond acceptors (Lipinski definition) is 4. The minimum absolute atomic E-state index is 0.353. The van der Waals surface area contributed by atoms with Gasteiger partial charge in [0.1, 0.15) is 0 Å². The van der Waals surface area contributed by atoms with Crippen LogP contribution in [0.15, 0.2) is 41.8 Å². The van der Waals surface area contributed by atoms with E-state index in [2.05, 4.69) is 5.32 Å². The topological polar surface area (TPSA) is 41.5 Å². The first-order valence-electron chi connectivity index (χ1n) is 6.97. The number of ether oxygens (including phenoxy) is 1. The van der Waals surface area contributed by atoms with E-state index in [1.165, 1.54) is 10.4 Å². The lowest BCUT2D eigenvalue weighted by Crippen LogP contribution is -2.31. The first-order valence-corrected chi connectivity index (χ1v) is 8.23. The van der Waals surface area contributed by atoms with Gasteiger partial charge in [-0.3, -0.25) is 0 Å². The Bertz CT molecular complexity index is 502. The third kappa shape index (κ3) is 6.59. The third-order valence-electron chi connectivity index (χ3n) is 3.02. The molecular formula is C16H20ClNO2S. The van der Waals surface area contributed by atoms with Crippen molar-refractivity contribution in [1.82, 2.24) is 5.32 Å². The van der Waals surface area contributed by atoms with Crippen molar-refractivity contribution in [3.05, 3.63) is 57.2 Å². The molecule has 5 heteroatoms. The van der Waals surface area contributed by atoms with Gasteiger partial charge in [-0.15, -0.1) is 11.3 Å². The second-order valence-corrected chi connectivity index (χ2v) is 6.30. The predicted octanol–water partition coefficient (Wildman–Crippen LogP) is 3.11. The Morgan fingerprint density at radius 1 is 1.24 bits per heavy atom. The molecule has 0 saturated carbocycles. The van der Waals surface area contributed by atoms with Crippen LogP contribution in [0.1, 0.15) is 10.4 Å². The molecule has 1 aromatic carbocycles. The Morgan fingerprint density at radius 3 is 2.76 bits per heavy atom. The van der Waals surface area contributed by atoms with Gasteiger partial charge in [-0.05, 0) is 42.1 Å². The Kier molecular flexibility index (Phi) is 7.19. The fourth-order valence-corrected chi connectivity index (χ4v) is 2.67. The molecule has 0 radical (unpaired) electrons. The minimum atomic E-state index is -0.477. The monoisotopic (exact) mass is 325 g/mol. The van der Waals surface area contributed by atoms with Gasteiger partial charge in [0.2, 0.25) is 0 Å². The van der Waals surface area contributed by atoms with Crippen molar-refractivity contribution >= 4 is 22.9 Å². The maximum Gasteiger partial charge on any atom is 0.0897 e. The molecule has 0 saturated heterocycles. The fourth-order valence-electron chi connectivity index (χ4n) is 1.90. The van der Waals surface area contributed by atoms with Crippen molar-refractivity contribution in [2.75, 3.05) is 19.7 Å². The number of thiophene rings is 1. The summed E-state index contributed by atoms with van der Waals surface area (Å²) >= 11 is 7.50. The summed E-state index contributed by atoms with van der Waals surface area (Å²) in [5.41, 5.74) is 1.23. The van der Waals surface area contributed by atoms with E-state index in [0.29, 0.717) is 19.8 Å². The standard InChI is InChI=1S/C16H20ClNO2S/c17-14-5-3-13(4-6-14)7-8-18-10-15(19)11-20-12-16-2-1-9-21-16/h1-6,9,15,18-19H,7-8,10-12H2/t15-/m0/s1. The van der Waals surface area contributed by atoms with E-state index in [-0.39, 0.29) is 0 Å². The van der Waals surface area contributed by atoms with Gasteiger partial charge in [-0.25, -0.2) is 0 Å². The smallest absolute Gasteiger partial charge is 0.0897 e. The average molecular weight is 326 g/mol. The molecular weight excluding hydrogens is 306 g/mol. The quantitative estimate of drug-likeness (QED) is 0.696. The van der Waals surface area contributed by atoms with E-state index < -0.39 is 6.10 Å². The molecule has 0 unspecified atom stereocenters. The number of aliphatic hydroxyl groups excluding tert-OH is 1. The van der Waals surface area contributed by atoms with Crippen molar-refractivity contribution < 1.29 is 9.84 Å². The molecule has 0 fully saturated rings. The Hall–Kier alpha value is -0.910. The van der Waals surface area contributed by atoms with Crippen LogP contribution in [0.25, 0.3) is 0 Å². The molecule has 0 aliphatic carbocycles. The SMILES string of the molecule is O[C@@H](CNCCc1ccc(Cl)cc1)COCc1cccs1. The van der Waals surface area contributed by atoms with Crippen molar-refractivity contribution in [2.45, 2.75) is 19.1 Å². The molecule has 0 aliphatic heterocycles. The van der Waals surface area contributed by atoms with Gasteiger partial charge in [0.05, 0.1) is 19.3 Å². The van der Waals surface area contributed by atoms with E-state index in [1.54, 1.807) is 11.3 Å². The lowest BCUT2D eigenvalue weighted by molar-refractivity contribution is 0.0300. The molecule has 2 N–H and O–H groups in total. The van der Waals surface area contributed by atoms with Gasteiger partial charge >= 0.3 is 0 Å². The Morgan fingerprint density at radius 2 is 2.05 bits per heavy atom. The average Bonchev–Trinajstić information content (AvgIpc) is 2.99. The van der Waals surface area contributed by atoms with Gasteiger partial charge in [0.15, 0.2) is 0 Å². The van der Waals surface area contributed by atoms with Crippen LogP contribution >= 0.6 is 22.9 Å². The van der Waals surface area contributed by atoms with Crippen LogP contribution in [0.4, 0.5) is 0 Å². The zero-order valence-corrected chi connectivity index (χ0v) is 13.4. The maximum atomic E-state index is 9.81. The highest BCUT2D eigenvalue weighted by Crippen LogP contribution is 2.10. The van der Waals surface area contributed by atoms with Gasteiger partial charge in [0.25, 0.3) is 0 Å². The van der Waals surface area contributed by atoms with E-state index >= 15 is 0 Å². The normalized spacial score (nSPS) is 12.5. The summed E-state index contributed by atoms with van der Waals surface area (Å²) in [5.74, 6) is 0. The second kappa shape index (κ2) is 9.18. The largest absolute Gasteiger partial charge is 0.389 e. The number of nitrogens with one attached hydrogen (secondary N) is 1. The van der Waals surface area contributed by atoms with Gasteiger partial charge in [-0.2, -0.15) is 0 Å². The molecule has 2 aromatic rings. The van der Waals surface area contributed by atoms with Crippen molar-refractivity contribution in [3.8, 4) is 0 Å². The van der Waals surface area contributed by atoms with Gasteiger partial charge < -0.3 is 15.2 Å². The molecule has 1 heterocycles. The van der Waals surface area contributed by atoms with Gasteiger partial charge in [0, 0.05) is 16.4 Å². The highest BCUT2D eigenvalue weighted by molar-refractivity contribution is 7.09. The first kappa shape index (κ1) is 16.5. The van der Waals surface area contributed by atoms with Crippen LogP contribution < -0.4 is 5.32 Å². The molecule has 114 valence electrons. The van der Waals surface area contributed by atoms with E-state index in [4.69, 9.17) is 16.3 Å². The fraction of sp³-hybridized carbons (Fsp3) is 0.375. The number of hydrogen-bond donors (Lipinski definition) is 2. The maximum absolute atomic E-state index is 9.81. The van der Waals surface area contributed by atoms with Crippen molar-refractivity contribution in [3.63, 3.8) is 0 Å². The Labute approximate surface area is 134 Å². The molecule has 3 nitrogen and oxygen atoms in total. The summed E-state index contributed by atoms with van der Waals surface area (Å²) in [5, 5.41) is 15.8. The summed E-state index contributed by atoms with van der Waals surface area (Å²) in [7, 11) is 0. The zero-order valence-electron chi connectivity index (χ0n) is 11.8. The number of aliphatic hydroxyl groups is 1. The van der Waals surface area contributed by atoms with Crippen molar-refractivity contribution in [1.29, 1.82) is 0 Å². The summed E-state index contributed by atoms with van der Waals surface area (Å²) < 4.78 is 5.47. The lowest BCUT2D eigenvalue weighted by atomic mass is 10.1. The van der Waals surface area contributed by atoms with E-state index in [0.717, 1.165) is 18.0 Å². The lowest BCUT2D eigenvalue weighted by Gasteiger charge is -2.12. The second-order valence-electron chi connectivity index (χ2n) is 4.83. The predicted molar refractivity (Wildman–Crippen MR) is 88.0 cm³/mol. The van der Waals surface area contributed by atoms with Crippen LogP contribution in [-0.2, 0) is 17.8 Å². The summed E-state index contributed by atoms with van der Waals surface area (Å²) in [6, 6.07) is 11.9. The molecule has 0 bridgehead atoms. The molecule has 0 amide bonds. The van der Waals surface area contributed by atoms with Gasteiger partial charge in [-0.1, -0.05) is 29.8 Å². The number of benzene rings is 1. The Balaban J connectivity index is 1.52. The van der Waals surface area contributed by atoms with Crippen molar-refractivity contribution in [2.24, 2.45) is 0 Å². The zero-order chi connectivity index (χ0) is 14.9. The summed E-state index contributed by atoms with van der Waals surface area (Å²) in [4.78, 5) is 1.18.